The Balaban J connectivity index is 1.23. The molecule has 160 valence electrons. The summed E-state index contributed by atoms with van der Waals surface area (Å²) in [7, 11) is 0. The van der Waals surface area contributed by atoms with Crippen molar-refractivity contribution in [2.75, 3.05) is 0 Å². The monoisotopic (exact) mass is 436 g/mol. The Kier molecular flexibility index (Phi) is 5.43. The van der Waals surface area contributed by atoms with Crippen molar-refractivity contribution in [1.29, 1.82) is 0 Å². The second kappa shape index (κ2) is 8.23. The molecule has 2 fully saturated rings. The lowest BCUT2D eigenvalue weighted by Gasteiger charge is -2.52. The molecule has 0 unspecified atom stereocenters. The summed E-state index contributed by atoms with van der Waals surface area (Å²) in [4.78, 5) is 4.39. The highest BCUT2D eigenvalue weighted by Crippen LogP contribution is 2.59. The van der Waals surface area contributed by atoms with Gasteiger partial charge in [0.25, 0.3) is 0 Å². The van der Waals surface area contributed by atoms with Crippen LogP contribution >= 0.6 is 11.6 Å². The van der Waals surface area contributed by atoms with Gasteiger partial charge in [-0.25, -0.2) is 4.39 Å². The number of oxime groups is 1. The summed E-state index contributed by atoms with van der Waals surface area (Å²) in [6.07, 6.45) is 9.25. The smallest absolute Gasteiger partial charge is 0.123 e. The highest BCUT2D eigenvalue weighted by atomic mass is 35.5. The summed E-state index contributed by atoms with van der Waals surface area (Å²) in [5.41, 5.74) is 4.49. The van der Waals surface area contributed by atoms with Crippen LogP contribution in [0, 0.1) is 17.2 Å². The normalized spacial score (nSPS) is 26.2. The van der Waals surface area contributed by atoms with Crippen LogP contribution < -0.4 is 0 Å². The van der Waals surface area contributed by atoms with Gasteiger partial charge in [0.15, 0.2) is 0 Å². The molecule has 1 heterocycles. The summed E-state index contributed by atoms with van der Waals surface area (Å²) in [6.45, 7) is 0. The highest BCUT2D eigenvalue weighted by Gasteiger charge is 2.47. The number of nitrogens with zero attached hydrogens (tertiary/aromatic N) is 2. The standard InChI is InChI=1S/C26H26ClFN2O/c27-20-3-1-17(2-4-20)13-25(30-31)18-7-10-26(11-8-18)15-19(16-26)22-9-12-29-24-6-5-21(28)14-23(22)24/h1-6,9,12,14,18-19,31H,7-8,10-11,13,15-16H2/b30-25+. The third-order valence-electron chi connectivity index (χ3n) is 7.48. The molecule has 0 saturated heterocycles. The minimum Gasteiger partial charge on any atom is -0.411 e. The van der Waals surface area contributed by atoms with E-state index in [2.05, 4.69) is 16.2 Å². The first kappa shape index (κ1) is 20.4. The molecule has 5 heteroatoms. The van der Waals surface area contributed by atoms with Crippen LogP contribution in [0.5, 0.6) is 0 Å². The minimum atomic E-state index is -0.201. The van der Waals surface area contributed by atoms with E-state index in [0.717, 1.165) is 65.7 Å². The molecule has 2 aliphatic carbocycles. The van der Waals surface area contributed by atoms with E-state index < -0.39 is 0 Å². The number of hydrogen-bond acceptors (Lipinski definition) is 3. The number of rotatable bonds is 4. The first-order chi connectivity index (χ1) is 15.0. The zero-order valence-electron chi connectivity index (χ0n) is 17.4. The molecule has 5 rings (SSSR count). The van der Waals surface area contributed by atoms with Gasteiger partial charge in [-0.05, 0) is 97.4 Å². The maximum absolute atomic E-state index is 13.8. The lowest BCUT2D eigenvalue weighted by atomic mass is 9.53. The van der Waals surface area contributed by atoms with Crippen LogP contribution in [0.25, 0.3) is 10.9 Å². The molecule has 2 aromatic carbocycles. The molecule has 2 saturated carbocycles. The van der Waals surface area contributed by atoms with Crippen molar-refractivity contribution in [3.05, 3.63) is 76.7 Å². The highest BCUT2D eigenvalue weighted by molar-refractivity contribution is 6.30. The average Bonchev–Trinajstić information content (AvgIpc) is 2.77. The first-order valence-electron chi connectivity index (χ1n) is 11.0. The van der Waals surface area contributed by atoms with Gasteiger partial charge in [-0.15, -0.1) is 0 Å². The van der Waals surface area contributed by atoms with Gasteiger partial charge in [-0.2, -0.15) is 0 Å². The number of aromatic nitrogens is 1. The largest absolute Gasteiger partial charge is 0.411 e. The summed E-state index contributed by atoms with van der Waals surface area (Å²) in [6, 6.07) is 14.7. The zero-order valence-corrected chi connectivity index (χ0v) is 18.2. The van der Waals surface area contributed by atoms with Gasteiger partial charge >= 0.3 is 0 Å². The van der Waals surface area contributed by atoms with Crippen molar-refractivity contribution in [1.82, 2.24) is 4.98 Å². The van der Waals surface area contributed by atoms with Gasteiger partial charge in [-0.3, -0.25) is 4.98 Å². The van der Waals surface area contributed by atoms with Crippen molar-refractivity contribution in [3.63, 3.8) is 0 Å². The quantitative estimate of drug-likeness (QED) is 0.268. The molecule has 3 aromatic rings. The number of pyridine rings is 1. The molecule has 0 radical (unpaired) electrons. The molecule has 0 amide bonds. The Labute approximate surface area is 187 Å². The van der Waals surface area contributed by atoms with Gasteiger partial charge < -0.3 is 5.21 Å². The van der Waals surface area contributed by atoms with E-state index in [1.807, 2.05) is 30.5 Å². The molecule has 1 N–H and O–H groups in total. The van der Waals surface area contributed by atoms with E-state index in [1.54, 1.807) is 12.1 Å². The van der Waals surface area contributed by atoms with Crippen LogP contribution in [0.15, 0.2) is 59.9 Å². The lowest BCUT2D eigenvalue weighted by Crippen LogP contribution is -2.40. The number of benzene rings is 2. The summed E-state index contributed by atoms with van der Waals surface area (Å²) in [5.74, 6) is 0.609. The van der Waals surface area contributed by atoms with E-state index in [0.29, 0.717) is 23.7 Å². The fraction of sp³-hybridized carbons (Fsp3) is 0.385. The predicted molar refractivity (Wildman–Crippen MR) is 122 cm³/mol. The summed E-state index contributed by atoms with van der Waals surface area (Å²) < 4.78 is 13.8. The number of hydrogen-bond donors (Lipinski definition) is 1. The fourth-order valence-electron chi connectivity index (χ4n) is 5.75. The Morgan fingerprint density at radius 1 is 1.10 bits per heavy atom. The van der Waals surface area contributed by atoms with Crippen molar-refractivity contribution < 1.29 is 9.60 Å². The molecule has 0 bridgehead atoms. The maximum atomic E-state index is 13.8. The average molecular weight is 437 g/mol. The Bertz CT molecular complexity index is 1110. The Morgan fingerprint density at radius 2 is 1.84 bits per heavy atom. The van der Waals surface area contributed by atoms with Crippen LogP contribution in [-0.4, -0.2) is 15.9 Å². The molecular weight excluding hydrogens is 411 g/mol. The SMILES string of the molecule is O/N=C(\Cc1ccc(Cl)cc1)C1CCC2(CC1)CC(c1ccnc3ccc(F)cc13)C2. The van der Waals surface area contributed by atoms with Gasteiger partial charge in [0, 0.05) is 28.9 Å². The molecule has 2 aliphatic rings. The topological polar surface area (TPSA) is 45.5 Å². The third kappa shape index (κ3) is 4.06. The predicted octanol–water partition coefficient (Wildman–Crippen LogP) is 7.15. The van der Waals surface area contributed by atoms with Crippen LogP contribution in [0.3, 0.4) is 0 Å². The van der Waals surface area contributed by atoms with Gasteiger partial charge in [0.1, 0.15) is 5.82 Å². The van der Waals surface area contributed by atoms with E-state index in [4.69, 9.17) is 11.6 Å². The lowest BCUT2D eigenvalue weighted by molar-refractivity contribution is 0.0436. The minimum absolute atomic E-state index is 0.201. The van der Waals surface area contributed by atoms with Crippen molar-refractivity contribution >= 4 is 28.2 Å². The van der Waals surface area contributed by atoms with E-state index >= 15 is 0 Å². The molecule has 1 spiro atoms. The van der Waals surface area contributed by atoms with Gasteiger partial charge in [-0.1, -0.05) is 28.9 Å². The van der Waals surface area contributed by atoms with Crippen LogP contribution in [0.2, 0.25) is 5.02 Å². The fourth-order valence-corrected chi connectivity index (χ4v) is 5.87. The summed E-state index contributed by atoms with van der Waals surface area (Å²) in [5, 5.41) is 15.0. The number of fused-ring (bicyclic) bond motifs is 1. The van der Waals surface area contributed by atoms with Crippen molar-refractivity contribution in [2.45, 2.75) is 50.9 Å². The Hall–Kier alpha value is -2.46. The first-order valence-corrected chi connectivity index (χ1v) is 11.4. The summed E-state index contributed by atoms with van der Waals surface area (Å²) >= 11 is 5.98. The zero-order chi connectivity index (χ0) is 21.4. The van der Waals surface area contributed by atoms with E-state index in [9.17, 15) is 9.60 Å². The molecular formula is C26H26ClFN2O. The molecule has 3 nitrogen and oxygen atoms in total. The van der Waals surface area contributed by atoms with Crippen LogP contribution in [-0.2, 0) is 6.42 Å². The van der Waals surface area contributed by atoms with Crippen LogP contribution in [0.1, 0.15) is 55.6 Å². The third-order valence-corrected chi connectivity index (χ3v) is 7.73. The van der Waals surface area contributed by atoms with E-state index in [-0.39, 0.29) is 5.82 Å². The second-order valence-corrected chi connectivity index (χ2v) is 9.77. The molecule has 1 aromatic heterocycles. The van der Waals surface area contributed by atoms with E-state index in [1.165, 1.54) is 11.6 Å². The molecule has 31 heavy (non-hydrogen) atoms. The van der Waals surface area contributed by atoms with Gasteiger partial charge in [0.2, 0.25) is 0 Å². The Morgan fingerprint density at radius 3 is 2.55 bits per heavy atom. The van der Waals surface area contributed by atoms with Crippen molar-refractivity contribution in [2.24, 2.45) is 16.5 Å². The molecule has 0 atom stereocenters. The van der Waals surface area contributed by atoms with Gasteiger partial charge in [0.05, 0.1) is 11.2 Å². The second-order valence-electron chi connectivity index (χ2n) is 9.34. The van der Waals surface area contributed by atoms with Crippen LogP contribution in [0.4, 0.5) is 4.39 Å². The maximum Gasteiger partial charge on any atom is 0.123 e. The molecule has 0 aliphatic heterocycles. The number of halogens is 2. The van der Waals surface area contributed by atoms with Crippen molar-refractivity contribution in [3.8, 4) is 0 Å².